The highest BCUT2D eigenvalue weighted by atomic mass is 32.2. The lowest BCUT2D eigenvalue weighted by molar-refractivity contribution is 0.0701. The lowest BCUT2D eigenvalue weighted by Gasteiger charge is -2.08. The van der Waals surface area contributed by atoms with E-state index in [1.165, 1.54) is 6.07 Å². The van der Waals surface area contributed by atoms with E-state index in [0.717, 1.165) is 11.3 Å². The molecule has 0 radical (unpaired) electrons. The molecule has 0 aliphatic rings. The Bertz CT molecular complexity index is 612. The Morgan fingerprint density at radius 1 is 1.58 bits per heavy atom. The van der Waals surface area contributed by atoms with Crippen molar-refractivity contribution in [3.05, 3.63) is 34.5 Å². The molecule has 1 atom stereocenters. The highest BCUT2D eigenvalue weighted by Gasteiger charge is 2.20. The van der Waals surface area contributed by atoms with Gasteiger partial charge < -0.3 is 10.8 Å². The Kier molecular flexibility index (Phi) is 4.44. The number of halogens is 1. The summed E-state index contributed by atoms with van der Waals surface area (Å²) in [6, 6.07) is 4.70. The van der Waals surface area contributed by atoms with Crippen LogP contribution in [0.15, 0.2) is 18.2 Å². The van der Waals surface area contributed by atoms with Crippen molar-refractivity contribution in [2.75, 3.05) is 6.54 Å². The van der Waals surface area contributed by atoms with E-state index in [4.69, 9.17) is 5.73 Å². The largest absolute Gasteiger partial charge is 0.477 e. The molecule has 1 aromatic carbocycles. The summed E-state index contributed by atoms with van der Waals surface area (Å²) in [5.41, 5.74) is 6.11. The first-order chi connectivity index (χ1) is 9.04. The van der Waals surface area contributed by atoms with E-state index in [9.17, 15) is 14.3 Å². The summed E-state index contributed by atoms with van der Waals surface area (Å²) in [6.07, 6.45) is 0. The minimum Gasteiger partial charge on any atom is -0.477 e. The number of hydrogen-bond donors (Lipinski definition) is 2. The van der Waals surface area contributed by atoms with E-state index >= 15 is 0 Å². The topological polar surface area (TPSA) is 63.3 Å². The maximum Gasteiger partial charge on any atom is 0.346 e. The molecule has 2 rings (SSSR count). The van der Waals surface area contributed by atoms with Crippen molar-refractivity contribution < 1.29 is 14.3 Å². The lowest BCUT2D eigenvalue weighted by atomic mass is 10.1. The van der Waals surface area contributed by atoms with Crippen molar-refractivity contribution in [1.29, 1.82) is 0 Å². The molecule has 1 heterocycles. The van der Waals surface area contributed by atoms with Crippen LogP contribution in [0.25, 0.3) is 10.1 Å². The van der Waals surface area contributed by atoms with Gasteiger partial charge in [0.05, 0.1) is 0 Å². The van der Waals surface area contributed by atoms with Crippen LogP contribution in [0.5, 0.6) is 0 Å². The number of carboxylic acid groups (broad SMARTS) is 1. The lowest BCUT2D eigenvalue weighted by Crippen LogP contribution is -2.13. The number of nitrogens with two attached hydrogens (primary N) is 1. The second-order valence-electron chi connectivity index (χ2n) is 4.19. The number of carboxylic acids is 1. The van der Waals surface area contributed by atoms with Crippen LogP contribution in [0.2, 0.25) is 0 Å². The molecule has 0 aliphatic carbocycles. The molecule has 6 heteroatoms. The predicted octanol–water partition coefficient (Wildman–Crippen LogP) is 3.32. The number of thiophene rings is 1. The van der Waals surface area contributed by atoms with Crippen LogP contribution in [0, 0.1) is 5.82 Å². The van der Waals surface area contributed by atoms with Crippen molar-refractivity contribution in [3.8, 4) is 0 Å². The number of benzene rings is 1. The van der Waals surface area contributed by atoms with Gasteiger partial charge in [0.25, 0.3) is 0 Å². The van der Waals surface area contributed by atoms with Gasteiger partial charge in [0.1, 0.15) is 10.7 Å². The SMILES string of the molecule is CC(CN)SCc1c(C(=O)O)sc2cccc(F)c12. The normalized spacial score (nSPS) is 12.8. The second-order valence-corrected chi connectivity index (χ2v) is 6.66. The molecule has 1 aromatic heterocycles. The molecule has 0 saturated carbocycles. The highest BCUT2D eigenvalue weighted by molar-refractivity contribution is 7.99. The first-order valence-electron chi connectivity index (χ1n) is 5.79. The number of aromatic carboxylic acids is 1. The first-order valence-corrected chi connectivity index (χ1v) is 7.66. The number of thioether (sulfide) groups is 1. The molecule has 0 saturated heterocycles. The fourth-order valence-corrected chi connectivity index (χ4v) is 3.81. The fourth-order valence-electron chi connectivity index (χ4n) is 1.77. The van der Waals surface area contributed by atoms with E-state index in [1.54, 1.807) is 23.9 Å². The van der Waals surface area contributed by atoms with Crippen LogP contribution in [0.1, 0.15) is 22.2 Å². The number of hydrogen-bond acceptors (Lipinski definition) is 4. The Morgan fingerprint density at radius 2 is 2.32 bits per heavy atom. The Labute approximate surface area is 118 Å². The van der Waals surface area contributed by atoms with Crippen LogP contribution in [-0.4, -0.2) is 22.9 Å². The molecule has 0 spiro atoms. The van der Waals surface area contributed by atoms with Crippen molar-refractivity contribution in [3.63, 3.8) is 0 Å². The van der Waals surface area contributed by atoms with Crippen molar-refractivity contribution in [2.45, 2.75) is 17.9 Å². The van der Waals surface area contributed by atoms with Crippen molar-refractivity contribution >= 4 is 39.2 Å². The van der Waals surface area contributed by atoms with Gasteiger partial charge in [0.15, 0.2) is 0 Å². The second kappa shape index (κ2) is 5.90. The molecule has 3 N–H and O–H groups in total. The number of fused-ring (bicyclic) bond motifs is 1. The van der Waals surface area contributed by atoms with Crippen LogP contribution in [0.4, 0.5) is 4.39 Å². The zero-order valence-corrected chi connectivity index (χ0v) is 12.0. The van der Waals surface area contributed by atoms with Crippen molar-refractivity contribution in [1.82, 2.24) is 0 Å². The van der Waals surface area contributed by atoms with Gasteiger partial charge in [-0.2, -0.15) is 11.8 Å². The predicted molar refractivity (Wildman–Crippen MR) is 78.6 cm³/mol. The molecule has 0 bridgehead atoms. The van der Waals surface area contributed by atoms with Crippen LogP contribution < -0.4 is 5.73 Å². The van der Waals surface area contributed by atoms with Crippen LogP contribution >= 0.6 is 23.1 Å². The van der Waals surface area contributed by atoms with Crippen LogP contribution in [-0.2, 0) is 5.75 Å². The molecule has 0 fully saturated rings. The van der Waals surface area contributed by atoms with Gasteiger partial charge in [-0.15, -0.1) is 11.3 Å². The smallest absolute Gasteiger partial charge is 0.346 e. The monoisotopic (exact) mass is 299 g/mol. The maximum absolute atomic E-state index is 13.9. The molecular formula is C13H14FNO2S2. The van der Waals surface area contributed by atoms with Crippen LogP contribution in [0.3, 0.4) is 0 Å². The van der Waals surface area contributed by atoms with Gasteiger partial charge in [-0.25, -0.2) is 9.18 Å². The standard InChI is InChI=1S/C13H14FNO2S2/c1-7(5-15)18-6-8-11-9(14)3-2-4-10(11)19-12(8)13(16)17/h2-4,7H,5-6,15H2,1H3,(H,16,17). The van der Waals surface area contributed by atoms with Gasteiger partial charge in [0.2, 0.25) is 0 Å². The van der Waals surface area contributed by atoms with Gasteiger partial charge in [-0.1, -0.05) is 13.0 Å². The third kappa shape index (κ3) is 2.91. The quantitative estimate of drug-likeness (QED) is 0.889. The summed E-state index contributed by atoms with van der Waals surface area (Å²) in [7, 11) is 0. The van der Waals surface area contributed by atoms with Gasteiger partial charge in [-0.05, 0) is 17.7 Å². The van der Waals surface area contributed by atoms with Gasteiger partial charge >= 0.3 is 5.97 Å². The van der Waals surface area contributed by atoms with E-state index in [0.29, 0.717) is 27.9 Å². The molecule has 0 amide bonds. The molecule has 19 heavy (non-hydrogen) atoms. The maximum atomic E-state index is 13.9. The summed E-state index contributed by atoms with van der Waals surface area (Å²) in [4.78, 5) is 11.5. The molecule has 102 valence electrons. The molecular weight excluding hydrogens is 285 g/mol. The summed E-state index contributed by atoms with van der Waals surface area (Å²) < 4.78 is 14.6. The Balaban J connectivity index is 2.48. The first kappa shape index (κ1) is 14.3. The summed E-state index contributed by atoms with van der Waals surface area (Å²) in [5, 5.41) is 9.88. The van der Waals surface area contributed by atoms with E-state index < -0.39 is 5.97 Å². The van der Waals surface area contributed by atoms with Gasteiger partial charge in [-0.3, -0.25) is 0 Å². The minimum atomic E-state index is -1.00. The van der Waals surface area contributed by atoms with E-state index in [-0.39, 0.29) is 15.9 Å². The summed E-state index contributed by atoms with van der Waals surface area (Å²) >= 11 is 2.66. The summed E-state index contributed by atoms with van der Waals surface area (Å²) in [5.74, 6) is -0.908. The minimum absolute atomic E-state index is 0.211. The average Bonchev–Trinajstić information content (AvgIpc) is 2.76. The Hall–Kier alpha value is -1.11. The number of carbonyl (C=O) groups is 1. The zero-order valence-electron chi connectivity index (χ0n) is 10.4. The molecule has 0 aliphatic heterocycles. The Morgan fingerprint density at radius 3 is 2.95 bits per heavy atom. The number of rotatable bonds is 5. The molecule has 1 unspecified atom stereocenters. The highest BCUT2D eigenvalue weighted by Crippen LogP contribution is 2.36. The van der Waals surface area contributed by atoms with E-state index in [1.807, 2.05) is 6.92 Å². The van der Waals surface area contributed by atoms with E-state index in [2.05, 4.69) is 0 Å². The fraction of sp³-hybridized carbons (Fsp3) is 0.308. The third-order valence-corrected chi connectivity index (χ3v) is 5.20. The molecule has 2 aromatic rings. The zero-order chi connectivity index (χ0) is 14.0. The average molecular weight is 299 g/mol. The third-order valence-electron chi connectivity index (χ3n) is 2.80. The van der Waals surface area contributed by atoms with Crippen molar-refractivity contribution in [2.24, 2.45) is 5.73 Å². The van der Waals surface area contributed by atoms with Gasteiger partial charge in [0, 0.05) is 27.6 Å². The molecule has 3 nitrogen and oxygen atoms in total. The summed E-state index contributed by atoms with van der Waals surface area (Å²) in [6.45, 7) is 2.48.